The van der Waals surface area contributed by atoms with Crippen molar-refractivity contribution >= 4 is 27.3 Å². The average molecular weight is 237 g/mol. The van der Waals surface area contributed by atoms with Gasteiger partial charge in [-0.3, -0.25) is 4.40 Å². The summed E-state index contributed by atoms with van der Waals surface area (Å²) in [5.41, 5.74) is 7.25. The van der Waals surface area contributed by atoms with Gasteiger partial charge >= 0.3 is 0 Å². The number of rotatable bonds is 0. The van der Waals surface area contributed by atoms with E-state index in [-0.39, 0.29) is 0 Å². The van der Waals surface area contributed by atoms with Crippen molar-refractivity contribution in [3.05, 3.63) is 28.6 Å². The summed E-state index contributed by atoms with van der Waals surface area (Å²) in [6, 6.07) is 3.69. The summed E-state index contributed by atoms with van der Waals surface area (Å²) in [6.45, 7) is 0. The first kappa shape index (κ1) is 8.08. The lowest BCUT2D eigenvalue weighted by Crippen LogP contribution is -1.97. The van der Waals surface area contributed by atoms with E-state index in [1.807, 2.05) is 6.07 Å². The van der Waals surface area contributed by atoms with Crippen LogP contribution in [-0.4, -0.2) is 9.38 Å². The van der Waals surface area contributed by atoms with Gasteiger partial charge in [-0.15, -0.1) is 0 Å². The van der Waals surface area contributed by atoms with Crippen LogP contribution in [0.25, 0.3) is 5.65 Å². The number of aromatic nitrogens is 2. The molecule has 13 heavy (non-hydrogen) atoms. The van der Waals surface area contributed by atoms with Crippen molar-refractivity contribution in [3.63, 3.8) is 0 Å². The molecule has 2 heterocycles. The van der Waals surface area contributed by atoms with Gasteiger partial charge in [0.1, 0.15) is 21.9 Å². The van der Waals surface area contributed by atoms with E-state index in [1.54, 1.807) is 22.9 Å². The molecule has 0 saturated heterocycles. The summed E-state index contributed by atoms with van der Waals surface area (Å²) in [5.74, 6) is 0. The minimum Gasteiger partial charge on any atom is -0.397 e. The molecular formula is C8H5BrN4. The van der Waals surface area contributed by atoms with Gasteiger partial charge in [0.25, 0.3) is 0 Å². The Morgan fingerprint density at radius 1 is 1.62 bits per heavy atom. The van der Waals surface area contributed by atoms with Crippen LogP contribution >= 0.6 is 15.9 Å². The maximum absolute atomic E-state index is 8.80. The Balaban J connectivity index is 2.95. The van der Waals surface area contributed by atoms with Gasteiger partial charge in [-0.25, -0.2) is 4.98 Å². The lowest BCUT2D eigenvalue weighted by atomic mass is 10.2. The van der Waals surface area contributed by atoms with Crippen LogP contribution in [0.1, 0.15) is 5.56 Å². The van der Waals surface area contributed by atoms with Gasteiger partial charge in [0, 0.05) is 18.5 Å². The van der Waals surface area contributed by atoms with E-state index in [4.69, 9.17) is 11.0 Å². The molecule has 0 fully saturated rings. The van der Waals surface area contributed by atoms with Gasteiger partial charge < -0.3 is 5.73 Å². The van der Waals surface area contributed by atoms with Crippen LogP contribution in [0.3, 0.4) is 0 Å². The Hall–Kier alpha value is -1.54. The van der Waals surface area contributed by atoms with Crippen LogP contribution in [0.5, 0.6) is 0 Å². The Morgan fingerprint density at radius 2 is 2.38 bits per heavy atom. The molecule has 4 nitrogen and oxygen atoms in total. The topological polar surface area (TPSA) is 67.1 Å². The smallest absolute Gasteiger partial charge is 0.139 e. The molecule has 0 atom stereocenters. The van der Waals surface area contributed by atoms with Gasteiger partial charge in [0.05, 0.1) is 5.69 Å². The highest BCUT2D eigenvalue weighted by atomic mass is 79.9. The highest BCUT2D eigenvalue weighted by molar-refractivity contribution is 9.10. The van der Waals surface area contributed by atoms with E-state index < -0.39 is 0 Å². The molecule has 0 saturated carbocycles. The predicted molar refractivity (Wildman–Crippen MR) is 52.0 cm³/mol. The van der Waals surface area contributed by atoms with Crippen molar-refractivity contribution in [1.29, 1.82) is 5.26 Å². The van der Waals surface area contributed by atoms with Gasteiger partial charge in [-0.2, -0.15) is 5.26 Å². The second-order valence-electron chi connectivity index (χ2n) is 2.53. The number of imidazole rings is 1. The fraction of sp³-hybridized carbons (Fsp3) is 0. The van der Waals surface area contributed by atoms with Crippen molar-refractivity contribution < 1.29 is 0 Å². The maximum atomic E-state index is 8.80. The Bertz CT molecular complexity index is 509. The number of hydrogen-bond acceptors (Lipinski definition) is 3. The SMILES string of the molecule is N#Cc1c(N)cc2nccn2c1Br. The first-order chi connectivity index (χ1) is 6.24. The summed E-state index contributed by atoms with van der Waals surface area (Å²) < 4.78 is 2.40. The third-order valence-corrected chi connectivity index (χ3v) is 2.55. The molecule has 0 unspecified atom stereocenters. The summed E-state index contributed by atoms with van der Waals surface area (Å²) >= 11 is 3.29. The minimum atomic E-state index is 0.436. The highest BCUT2D eigenvalue weighted by Gasteiger charge is 2.08. The number of nitrogen functional groups attached to an aromatic ring is 1. The van der Waals surface area contributed by atoms with Crippen LogP contribution in [0.15, 0.2) is 23.1 Å². The summed E-state index contributed by atoms with van der Waals surface area (Å²) in [6.07, 6.45) is 3.42. The van der Waals surface area contributed by atoms with Crippen LogP contribution in [0.2, 0.25) is 0 Å². The van der Waals surface area contributed by atoms with Crippen LogP contribution in [0, 0.1) is 11.3 Å². The zero-order valence-electron chi connectivity index (χ0n) is 6.53. The second kappa shape index (κ2) is 2.75. The van der Waals surface area contributed by atoms with Gasteiger partial charge in [-0.05, 0) is 15.9 Å². The molecule has 0 aliphatic rings. The highest BCUT2D eigenvalue weighted by Crippen LogP contribution is 2.23. The minimum absolute atomic E-state index is 0.436. The zero-order chi connectivity index (χ0) is 9.42. The molecule has 2 aromatic rings. The molecule has 0 aliphatic heterocycles. The first-order valence-electron chi connectivity index (χ1n) is 3.55. The van der Waals surface area contributed by atoms with Crippen molar-refractivity contribution in [3.8, 4) is 6.07 Å². The van der Waals surface area contributed by atoms with E-state index in [1.165, 1.54) is 0 Å². The van der Waals surface area contributed by atoms with Crippen LogP contribution in [0.4, 0.5) is 5.69 Å². The molecule has 0 radical (unpaired) electrons. The average Bonchev–Trinajstić information content (AvgIpc) is 2.53. The number of fused-ring (bicyclic) bond motifs is 1. The largest absolute Gasteiger partial charge is 0.397 e. The van der Waals surface area contributed by atoms with E-state index in [0.717, 1.165) is 5.65 Å². The van der Waals surface area contributed by atoms with Crippen molar-refractivity contribution in [2.75, 3.05) is 5.73 Å². The van der Waals surface area contributed by atoms with Gasteiger partial charge in [0.15, 0.2) is 0 Å². The standard InChI is InChI=1S/C8H5BrN4/c9-8-5(4-10)6(11)3-7-12-1-2-13(7)8/h1-3H,11H2. The van der Waals surface area contributed by atoms with Crippen LogP contribution in [-0.2, 0) is 0 Å². The molecule has 2 N–H and O–H groups in total. The number of hydrogen-bond donors (Lipinski definition) is 1. The molecule has 5 heteroatoms. The quantitative estimate of drug-likeness (QED) is 0.707. The molecule has 0 spiro atoms. The van der Waals surface area contributed by atoms with Crippen molar-refractivity contribution in [2.24, 2.45) is 0 Å². The molecular weight excluding hydrogens is 232 g/mol. The van der Waals surface area contributed by atoms with Crippen molar-refractivity contribution in [2.45, 2.75) is 0 Å². The molecule has 0 aliphatic carbocycles. The first-order valence-corrected chi connectivity index (χ1v) is 4.34. The Kier molecular flexibility index (Phi) is 1.71. The second-order valence-corrected chi connectivity index (χ2v) is 3.28. The number of nitrogens with two attached hydrogens (primary N) is 1. The summed E-state index contributed by atoms with van der Waals surface area (Å²) in [7, 11) is 0. The molecule has 0 amide bonds. The van der Waals surface area contributed by atoms with Crippen molar-refractivity contribution in [1.82, 2.24) is 9.38 Å². The number of nitriles is 1. The third-order valence-electron chi connectivity index (χ3n) is 1.77. The maximum Gasteiger partial charge on any atom is 0.139 e. The molecule has 2 aromatic heterocycles. The fourth-order valence-electron chi connectivity index (χ4n) is 1.15. The van der Waals surface area contributed by atoms with E-state index in [9.17, 15) is 0 Å². The lowest BCUT2D eigenvalue weighted by Gasteiger charge is -2.02. The number of nitrogens with zero attached hydrogens (tertiary/aromatic N) is 3. The third kappa shape index (κ3) is 1.07. The number of halogens is 1. The van der Waals surface area contributed by atoms with Gasteiger partial charge in [0.2, 0.25) is 0 Å². The van der Waals surface area contributed by atoms with E-state index >= 15 is 0 Å². The summed E-state index contributed by atoms with van der Waals surface area (Å²) in [5, 5.41) is 8.80. The number of anilines is 1. The summed E-state index contributed by atoms with van der Waals surface area (Å²) in [4.78, 5) is 4.06. The molecule has 64 valence electrons. The van der Waals surface area contributed by atoms with Gasteiger partial charge in [-0.1, -0.05) is 0 Å². The Morgan fingerprint density at radius 3 is 3.08 bits per heavy atom. The number of pyridine rings is 1. The van der Waals surface area contributed by atoms with Crippen LogP contribution < -0.4 is 5.73 Å². The Labute approximate surface area is 82.7 Å². The zero-order valence-corrected chi connectivity index (χ0v) is 8.12. The predicted octanol–water partition coefficient (Wildman–Crippen LogP) is 1.55. The monoisotopic (exact) mass is 236 g/mol. The lowest BCUT2D eigenvalue weighted by molar-refractivity contribution is 1.13. The van der Waals surface area contributed by atoms with E-state index in [0.29, 0.717) is 15.9 Å². The molecule has 0 bridgehead atoms. The fourth-order valence-corrected chi connectivity index (χ4v) is 1.77. The molecule has 0 aromatic carbocycles. The normalized spacial score (nSPS) is 10.2. The molecule has 2 rings (SSSR count). The van der Waals surface area contributed by atoms with E-state index in [2.05, 4.69) is 20.9 Å².